The van der Waals surface area contributed by atoms with Crippen molar-refractivity contribution in [2.75, 3.05) is 26.8 Å². The second kappa shape index (κ2) is 11.1. The molecule has 0 fully saturated rings. The number of nitrogens with one attached hydrogen (secondary N) is 2. The standard InChI is InChI=1S/C21H29N3O3/c1-4-22-21(23-14-17-8-6-7-9-20(17)27-5-2)24-15-19(25)16-10-12-18(26-3)13-11-16/h6-13,19,25H,4-5,14-15H2,1-3H3,(H2,22,23,24). The molecule has 0 radical (unpaired) electrons. The number of aliphatic hydroxyl groups excluding tert-OH is 1. The average Bonchev–Trinajstić information content (AvgIpc) is 2.71. The summed E-state index contributed by atoms with van der Waals surface area (Å²) >= 11 is 0. The maximum absolute atomic E-state index is 10.4. The summed E-state index contributed by atoms with van der Waals surface area (Å²) in [6, 6.07) is 15.3. The lowest BCUT2D eigenvalue weighted by atomic mass is 10.1. The molecule has 2 rings (SSSR count). The number of benzene rings is 2. The molecule has 1 unspecified atom stereocenters. The molecule has 27 heavy (non-hydrogen) atoms. The van der Waals surface area contributed by atoms with Gasteiger partial charge in [0.2, 0.25) is 0 Å². The van der Waals surface area contributed by atoms with Crippen molar-refractivity contribution in [3.8, 4) is 11.5 Å². The van der Waals surface area contributed by atoms with Gasteiger partial charge < -0.3 is 25.2 Å². The summed E-state index contributed by atoms with van der Waals surface area (Å²) in [5, 5.41) is 16.8. The van der Waals surface area contributed by atoms with Crippen molar-refractivity contribution in [2.24, 2.45) is 4.99 Å². The molecule has 0 amide bonds. The van der Waals surface area contributed by atoms with E-state index < -0.39 is 6.10 Å². The molecule has 0 bridgehead atoms. The zero-order chi connectivity index (χ0) is 19.5. The quantitative estimate of drug-likeness (QED) is 0.467. The Morgan fingerprint density at radius 3 is 2.48 bits per heavy atom. The van der Waals surface area contributed by atoms with Crippen LogP contribution in [-0.4, -0.2) is 37.9 Å². The van der Waals surface area contributed by atoms with E-state index in [4.69, 9.17) is 9.47 Å². The molecule has 0 saturated carbocycles. The van der Waals surface area contributed by atoms with Crippen molar-refractivity contribution in [3.63, 3.8) is 0 Å². The summed E-state index contributed by atoms with van der Waals surface area (Å²) in [6.45, 7) is 6.16. The number of aliphatic hydroxyl groups is 1. The summed E-state index contributed by atoms with van der Waals surface area (Å²) in [7, 11) is 1.62. The highest BCUT2D eigenvalue weighted by Gasteiger charge is 2.09. The number of aliphatic imine (C=N–C) groups is 1. The van der Waals surface area contributed by atoms with E-state index in [1.165, 1.54) is 0 Å². The van der Waals surface area contributed by atoms with Gasteiger partial charge in [-0.1, -0.05) is 30.3 Å². The molecular formula is C21H29N3O3. The van der Waals surface area contributed by atoms with Crippen molar-refractivity contribution in [2.45, 2.75) is 26.5 Å². The zero-order valence-electron chi connectivity index (χ0n) is 16.2. The fourth-order valence-electron chi connectivity index (χ4n) is 2.57. The minimum Gasteiger partial charge on any atom is -0.497 e. The van der Waals surface area contributed by atoms with Crippen LogP contribution in [0, 0.1) is 0 Å². The molecule has 6 nitrogen and oxygen atoms in total. The summed E-state index contributed by atoms with van der Waals surface area (Å²) in [5.41, 5.74) is 1.84. The summed E-state index contributed by atoms with van der Waals surface area (Å²) < 4.78 is 10.8. The number of ether oxygens (including phenoxy) is 2. The van der Waals surface area contributed by atoms with Crippen LogP contribution in [0.1, 0.15) is 31.1 Å². The number of para-hydroxylation sites is 1. The van der Waals surface area contributed by atoms with Crippen LogP contribution >= 0.6 is 0 Å². The molecule has 2 aromatic rings. The maximum Gasteiger partial charge on any atom is 0.191 e. The largest absolute Gasteiger partial charge is 0.497 e. The number of methoxy groups -OCH3 is 1. The van der Waals surface area contributed by atoms with E-state index in [9.17, 15) is 5.11 Å². The molecule has 3 N–H and O–H groups in total. The first-order chi connectivity index (χ1) is 13.2. The topological polar surface area (TPSA) is 75.1 Å². The Balaban J connectivity index is 1.98. The summed E-state index contributed by atoms with van der Waals surface area (Å²) in [4.78, 5) is 4.60. The van der Waals surface area contributed by atoms with Gasteiger partial charge in [-0.25, -0.2) is 4.99 Å². The van der Waals surface area contributed by atoms with Crippen molar-refractivity contribution in [1.29, 1.82) is 0 Å². The first-order valence-corrected chi connectivity index (χ1v) is 9.22. The Bertz CT molecular complexity index is 717. The van der Waals surface area contributed by atoms with E-state index in [1.54, 1.807) is 7.11 Å². The molecule has 1 atom stereocenters. The first-order valence-electron chi connectivity index (χ1n) is 9.22. The van der Waals surface area contributed by atoms with Gasteiger partial charge in [0.1, 0.15) is 11.5 Å². The predicted molar refractivity (Wildman–Crippen MR) is 108 cm³/mol. The molecule has 0 aliphatic heterocycles. The van der Waals surface area contributed by atoms with E-state index in [0.717, 1.165) is 29.2 Å². The van der Waals surface area contributed by atoms with Crippen LogP contribution in [0.25, 0.3) is 0 Å². The van der Waals surface area contributed by atoms with Gasteiger partial charge in [-0.3, -0.25) is 0 Å². The van der Waals surface area contributed by atoms with Gasteiger partial charge in [-0.05, 0) is 37.6 Å². The molecular weight excluding hydrogens is 342 g/mol. The molecule has 146 valence electrons. The smallest absolute Gasteiger partial charge is 0.191 e. The lowest BCUT2D eigenvalue weighted by Crippen LogP contribution is -2.39. The predicted octanol–water partition coefficient (Wildman–Crippen LogP) is 2.88. The third-order valence-electron chi connectivity index (χ3n) is 3.99. The van der Waals surface area contributed by atoms with E-state index in [-0.39, 0.29) is 0 Å². The molecule has 0 aliphatic carbocycles. The normalized spacial score (nSPS) is 12.4. The molecule has 0 aromatic heterocycles. The Hall–Kier alpha value is -2.73. The van der Waals surface area contributed by atoms with Crippen LogP contribution < -0.4 is 20.1 Å². The van der Waals surface area contributed by atoms with Crippen molar-refractivity contribution >= 4 is 5.96 Å². The molecule has 6 heteroatoms. The van der Waals surface area contributed by atoms with Gasteiger partial charge in [0.05, 0.1) is 26.4 Å². The number of rotatable bonds is 9. The highest BCUT2D eigenvalue weighted by atomic mass is 16.5. The molecule has 0 aliphatic rings. The fraction of sp³-hybridized carbons (Fsp3) is 0.381. The van der Waals surface area contributed by atoms with E-state index in [2.05, 4.69) is 15.6 Å². The third kappa shape index (κ3) is 6.49. The molecule has 0 saturated heterocycles. The van der Waals surface area contributed by atoms with Gasteiger partial charge in [0.15, 0.2) is 5.96 Å². The molecule has 2 aromatic carbocycles. The minimum absolute atomic E-state index is 0.352. The van der Waals surface area contributed by atoms with Crippen LogP contribution in [-0.2, 0) is 6.54 Å². The fourth-order valence-corrected chi connectivity index (χ4v) is 2.57. The Morgan fingerprint density at radius 1 is 1.07 bits per heavy atom. The number of nitrogens with zero attached hydrogens (tertiary/aromatic N) is 1. The maximum atomic E-state index is 10.4. The lowest BCUT2D eigenvalue weighted by Gasteiger charge is -2.16. The highest BCUT2D eigenvalue weighted by molar-refractivity contribution is 5.79. The van der Waals surface area contributed by atoms with Gasteiger partial charge in [0.25, 0.3) is 0 Å². The van der Waals surface area contributed by atoms with Crippen LogP contribution in [0.3, 0.4) is 0 Å². The average molecular weight is 371 g/mol. The summed E-state index contributed by atoms with van der Waals surface area (Å²) in [6.07, 6.45) is -0.643. The minimum atomic E-state index is -0.643. The Morgan fingerprint density at radius 2 is 1.81 bits per heavy atom. The van der Waals surface area contributed by atoms with Gasteiger partial charge in [0, 0.05) is 18.7 Å². The van der Waals surface area contributed by atoms with E-state index >= 15 is 0 Å². The summed E-state index contributed by atoms with van der Waals surface area (Å²) in [5.74, 6) is 2.26. The number of hydrogen-bond donors (Lipinski definition) is 3. The van der Waals surface area contributed by atoms with Gasteiger partial charge in [-0.15, -0.1) is 0 Å². The van der Waals surface area contributed by atoms with Crippen molar-refractivity contribution < 1.29 is 14.6 Å². The van der Waals surface area contributed by atoms with Crippen LogP contribution in [0.15, 0.2) is 53.5 Å². The second-order valence-corrected chi connectivity index (χ2v) is 5.91. The van der Waals surface area contributed by atoms with Gasteiger partial charge >= 0.3 is 0 Å². The van der Waals surface area contributed by atoms with Crippen molar-refractivity contribution in [1.82, 2.24) is 10.6 Å². The highest BCUT2D eigenvalue weighted by Crippen LogP contribution is 2.19. The number of guanidine groups is 1. The second-order valence-electron chi connectivity index (χ2n) is 5.91. The van der Waals surface area contributed by atoms with Gasteiger partial charge in [-0.2, -0.15) is 0 Å². The molecule has 0 spiro atoms. The van der Waals surface area contributed by atoms with E-state index in [0.29, 0.717) is 25.7 Å². The third-order valence-corrected chi connectivity index (χ3v) is 3.99. The lowest BCUT2D eigenvalue weighted by molar-refractivity contribution is 0.180. The Labute approximate surface area is 161 Å². The molecule has 0 heterocycles. The van der Waals surface area contributed by atoms with Crippen LogP contribution in [0.2, 0.25) is 0 Å². The van der Waals surface area contributed by atoms with Crippen LogP contribution in [0.4, 0.5) is 0 Å². The van der Waals surface area contributed by atoms with Crippen LogP contribution in [0.5, 0.6) is 11.5 Å². The zero-order valence-corrected chi connectivity index (χ0v) is 16.2. The SMILES string of the molecule is CCNC(=NCc1ccccc1OCC)NCC(O)c1ccc(OC)cc1. The monoisotopic (exact) mass is 371 g/mol. The first kappa shape index (κ1) is 20.6. The number of hydrogen-bond acceptors (Lipinski definition) is 4. The van der Waals surface area contributed by atoms with E-state index in [1.807, 2.05) is 62.4 Å². The van der Waals surface area contributed by atoms with Crippen molar-refractivity contribution in [3.05, 3.63) is 59.7 Å². The Kier molecular flexibility index (Phi) is 8.45.